The minimum Gasteiger partial charge on any atom is -0.113 e. The smallest absolute Gasteiger partial charge is 0.113 e. The average molecular weight is 980 g/mol. The molecular weight excluding hydrogens is 935 g/mol. The Morgan fingerprint density at radius 2 is 0.642 bits per heavy atom. The van der Waals surface area contributed by atoms with Gasteiger partial charge in [0.1, 0.15) is 7.85 Å². The van der Waals surface area contributed by atoms with Crippen molar-refractivity contribution in [2.24, 2.45) is 0 Å². The van der Waals surface area contributed by atoms with Crippen LogP contribution in [0.1, 0.15) is 83.5 Å². The molecule has 81 heavy (non-hydrogen) atoms. The number of hydrogen-bond acceptors (Lipinski definition) is 0. The van der Waals surface area contributed by atoms with Gasteiger partial charge in [0.25, 0.3) is 0 Å². The van der Waals surface area contributed by atoms with Crippen LogP contribution in [0.4, 0.5) is 0 Å². The lowest BCUT2D eigenvalue weighted by Gasteiger charge is -2.42. The molecule has 0 bridgehead atoms. The van der Waals surface area contributed by atoms with Gasteiger partial charge in [-0.25, -0.2) is 0 Å². The van der Waals surface area contributed by atoms with Crippen molar-refractivity contribution in [3.8, 4) is 22.3 Å². The van der Waals surface area contributed by atoms with Crippen molar-refractivity contribution in [1.29, 1.82) is 0 Å². The van der Waals surface area contributed by atoms with Gasteiger partial charge >= 0.3 is 0 Å². The fraction of sp³-hybridized carbons (Fsp3) is 0.306. The summed E-state index contributed by atoms with van der Waals surface area (Å²) in [6, 6.07) is 0. The first kappa shape index (κ1) is 66.2. The maximum Gasteiger partial charge on any atom is 0.113 e. The molecule has 0 aromatic heterocycles. The van der Waals surface area contributed by atoms with Gasteiger partial charge in [0.05, 0.1) is 39.6 Å². The van der Waals surface area contributed by atoms with Crippen LogP contribution in [-0.4, -0.2) is 231 Å². The van der Waals surface area contributed by atoms with E-state index in [2.05, 4.69) is 104 Å². The van der Waals surface area contributed by atoms with Gasteiger partial charge in [0, 0.05) is 184 Å². The fourth-order valence-corrected chi connectivity index (χ4v) is 14.3. The summed E-state index contributed by atoms with van der Waals surface area (Å²) in [5.74, 6) is 0. The highest BCUT2D eigenvalue weighted by atomic mass is 14.3. The van der Waals surface area contributed by atoms with Crippen molar-refractivity contribution in [2.75, 3.05) is 0 Å². The summed E-state index contributed by atoms with van der Waals surface area (Å²) < 4.78 is 0. The van der Waals surface area contributed by atoms with Crippen LogP contribution in [0.3, 0.4) is 0 Å². The second-order valence-electron chi connectivity index (χ2n) is 23.4. The highest BCUT2D eigenvalue weighted by Gasteiger charge is 2.42. The molecule has 0 atom stereocenters. The topological polar surface area (TPSA) is 0 Å². The zero-order chi connectivity index (χ0) is 61.1. The molecule has 7 aromatic carbocycles. The molecule has 0 heterocycles. The summed E-state index contributed by atoms with van der Waals surface area (Å²) in [4.78, 5) is 0. The van der Waals surface area contributed by atoms with Crippen molar-refractivity contribution in [3.63, 3.8) is 0 Å². The Morgan fingerprint density at radius 1 is 0.284 bits per heavy atom. The van der Waals surface area contributed by atoms with Crippen LogP contribution in [0.15, 0.2) is 0 Å². The highest BCUT2D eigenvalue weighted by Crippen LogP contribution is 2.51. The Bertz CT molecular complexity index is 3700. The van der Waals surface area contributed by atoms with Gasteiger partial charge in [-0.2, -0.15) is 0 Å². The van der Waals surface area contributed by atoms with Gasteiger partial charge in [-0.05, 0) is 253 Å². The molecule has 0 nitrogen and oxygen atoms in total. The molecule has 0 saturated carbocycles. The van der Waals surface area contributed by atoms with E-state index in [1.54, 1.807) is 0 Å². The molecule has 39 radical (unpaired) electrons. The molecule has 0 unspecified atom stereocenters. The minimum atomic E-state index is -1.27. The van der Waals surface area contributed by atoms with Crippen LogP contribution in [0.2, 0.25) is 0 Å². The highest BCUT2D eigenvalue weighted by molar-refractivity contribution is 7.89. The van der Waals surface area contributed by atoms with Crippen LogP contribution in [0, 0.1) is 104 Å². The molecule has 7 rings (SSSR count). The number of aryl methyl sites for hydroxylation is 7. The molecule has 0 saturated heterocycles. The van der Waals surface area contributed by atoms with Crippen LogP contribution < -0.4 is 38.2 Å². The van der Waals surface area contributed by atoms with Gasteiger partial charge in [-0.15, -0.1) is 16.4 Å². The third-order valence-corrected chi connectivity index (χ3v) is 19.3. The lowest BCUT2D eigenvalue weighted by atomic mass is 8.66. The molecule has 0 N–H and O–H groups in total. The predicted molar refractivity (Wildman–Crippen MR) is 400 cm³/mol. The summed E-state index contributed by atoms with van der Waals surface area (Å²) in [7, 11) is 129. The van der Waals surface area contributed by atoms with E-state index in [0.29, 0.717) is 43.6 Å². The monoisotopic (exact) mass is 986 g/mol. The van der Waals surface area contributed by atoms with E-state index >= 15 is 0 Å². The predicted octanol–water partition coefficient (Wildman–Crippen LogP) is -3.70. The molecule has 0 amide bonds. The molecule has 0 aliphatic heterocycles. The standard InChI is InChI=1S/C49H45B32/c1-16-17(2)25(10)34-31(21(16)6)22(7)18(3)26(11)35(34)36-27(12)19(4)23(8)32-30(15)39-33(29(14)38(32)36)24(9)20(5)28(13)37(39)40-41-42(43(50)44(68-51)45(40)71(54)55)47(75(80(65)66)81(67)70-53)49(74(78(61)62)79(63)64)48(73(69-52)77(59)60)46(41)72(56)76(57)58/h1-15H3. The zero-order valence-corrected chi connectivity index (χ0v) is 50.5. The lowest BCUT2D eigenvalue weighted by molar-refractivity contribution is 1.22. The Labute approximate surface area is 518 Å². The lowest BCUT2D eigenvalue weighted by Crippen LogP contribution is -2.80. The van der Waals surface area contributed by atoms with Crippen LogP contribution >= 0.6 is 0 Å². The first-order chi connectivity index (χ1) is 37.7. The summed E-state index contributed by atoms with van der Waals surface area (Å²) in [5, 5.41) is 7.47. The van der Waals surface area contributed by atoms with Crippen molar-refractivity contribution in [1.82, 2.24) is 0 Å². The van der Waals surface area contributed by atoms with E-state index in [0.717, 1.165) is 60.5 Å². The van der Waals surface area contributed by atoms with E-state index in [1.807, 2.05) is 0 Å². The number of benzene rings is 7. The SMILES string of the molecule is [B][B]B([B])B(B([B])[B])c1c(B(B([B])[B])B([B])[B])c(B([B][B])B([B])[B])c(B([B])B([B])[B])c2c(-c3c(C)c(C)c(C)c4c(C)c5c(-c6c(C)c(C)c(C)c7c(C)c(C)c(C)c(C)c67)c(C)c(C)c(C)c5c(C)c34)c(B([B])[B])c([B][B])c([B])c12. The van der Waals surface area contributed by atoms with Crippen LogP contribution in [-0.2, 0) is 0 Å². The van der Waals surface area contributed by atoms with Gasteiger partial charge in [0.15, 0.2) is 0 Å². The molecule has 7 aromatic rings. The van der Waals surface area contributed by atoms with E-state index in [9.17, 15) is 0 Å². The Hall–Kier alpha value is -2.34. The first-order valence-corrected chi connectivity index (χ1v) is 27.9. The minimum absolute atomic E-state index is 0.0896. The first-order valence-electron chi connectivity index (χ1n) is 27.9. The molecule has 0 aliphatic carbocycles. The van der Waals surface area contributed by atoms with Gasteiger partial charge in [-0.3, -0.25) is 0 Å². The maximum absolute atomic E-state index is 7.65. The van der Waals surface area contributed by atoms with Crippen LogP contribution in [0.5, 0.6) is 0 Å². The van der Waals surface area contributed by atoms with Gasteiger partial charge in [-0.1, -0.05) is 21.9 Å². The summed E-state index contributed by atoms with van der Waals surface area (Å²) in [6.45, 7) is 27.5. The quantitative estimate of drug-likeness (QED) is 0.0693. The maximum atomic E-state index is 7.65. The second-order valence-corrected chi connectivity index (χ2v) is 23.4. The van der Waals surface area contributed by atoms with Gasteiger partial charge in [0.2, 0.25) is 0 Å². The number of hydrogen-bond donors (Lipinski definition) is 0. The Balaban J connectivity index is 2.00. The third-order valence-electron chi connectivity index (χ3n) is 19.3. The molecule has 0 fully saturated rings. The fourth-order valence-electron chi connectivity index (χ4n) is 14.3. The third kappa shape index (κ3) is 10.3. The molecular formula is C49H45B32. The molecule has 0 aliphatic rings. The van der Waals surface area contributed by atoms with Crippen LogP contribution in [0.25, 0.3) is 65.3 Å². The van der Waals surface area contributed by atoms with E-state index in [-0.39, 0.29) is 10.9 Å². The molecule has 337 valence electrons. The summed E-state index contributed by atoms with van der Waals surface area (Å²) in [5.41, 5.74) is 23.1. The van der Waals surface area contributed by atoms with E-state index in [4.69, 9.17) is 139 Å². The summed E-state index contributed by atoms with van der Waals surface area (Å²) in [6.07, 6.45) is -7.36. The second kappa shape index (κ2) is 24.8. The molecule has 0 spiro atoms. The van der Waals surface area contributed by atoms with Crippen molar-refractivity contribution in [3.05, 3.63) is 83.5 Å². The number of rotatable bonds is 16. The van der Waals surface area contributed by atoms with Crippen molar-refractivity contribution >= 4 is 313 Å². The Kier molecular flexibility index (Phi) is 20.3. The Morgan fingerprint density at radius 3 is 0.975 bits per heavy atom. The molecule has 32 heteroatoms. The summed E-state index contributed by atoms with van der Waals surface area (Å²) >= 11 is 0. The van der Waals surface area contributed by atoms with Gasteiger partial charge < -0.3 is 0 Å². The van der Waals surface area contributed by atoms with E-state index < -0.39 is 70.8 Å². The average Bonchev–Trinajstić information content (AvgIpc) is 1.59. The van der Waals surface area contributed by atoms with Crippen molar-refractivity contribution in [2.45, 2.75) is 104 Å². The largest absolute Gasteiger partial charge is 0.113 e. The van der Waals surface area contributed by atoms with Crippen molar-refractivity contribution < 1.29 is 0 Å². The normalized spacial score (nSPS) is 11.3. The van der Waals surface area contributed by atoms with E-state index in [1.165, 1.54) is 93.3 Å². The zero-order valence-electron chi connectivity index (χ0n) is 50.5. The number of fused-ring (bicyclic) bond motifs is 4.